The monoisotopic (exact) mass is 491 g/mol. The Kier molecular flexibility index (Phi) is 23.6. The van der Waals surface area contributed by atoms with Gasteiger partial charge in [-0.2, -0.15) is 0 Å². The minimum Gasteiger partial charge on any atom is -0.134 e. The molecule has 0 radical (unpaired) electrons. The highest BCUT2D eigenvalue weighted by Gasteiger charge is 1.94. The maximum Gasteiger partial charge on any atom is 0.692 e. The van der Waals surface area contributed by atoms with Crippen LogP contribution in [-0.2, 0) is 4.57 Å². The molecule has 0 spiro atoms. The average Bonchev–Trinajstić information content (AvgIpc) is 2.70. The van der Waals surface area contributed by atoms with E-state index >= 15 is 0 Å². The van der Waals surface area contributed by atoms with Gasteiger partial charge in [-0.3, -0.25) is 0 Å². The third-order valence-electron chi connectivity index (χ3n) is 5.40. The summed E-state index contributed by atoms with van der Waals surface area (Å²) in [5.41, 5.74) is 8.97. The zero-order valence-electron chi connectivity index (χ0n) is 23.3. The van der Waals surface area contributed by atoms with Crippen molar-refractivity contribution in [2.45, 2.75) is 120 Å². The van der Waals surface area contributed by atoms with Crippen LogP contribution in [0.4, 0.5) is 0 Å². The van der Waals surface area contributed by atoms with Crippen molar-refractivity contribution < 1.29 is 14.4 Å². The number of rotatable bonds is 15. The van der Waals surface area contributed by atoms with Gasteiger partial charge in [0.05, 0.1) is 0 Å². The van der Waals surface area contributed by atoms with Gasteiger partial charge in [-0.25, -0.2) is 0 Å². The van der Waals surface area contributed by atoms with Crippen LogP contribution in [0.25, 0.3) is 0 Å². The molecule has 0 aliphatic heterocycles. The summed E-state index contributed by atoms with van der Waals surface area (Å²) in [7, 11) is -2.87. The van der Waals surface area contributed by atoms with Gasteiger partial charge in [-0.15, -0.1) is 9.79 Å². The standard InChI is InChI=1S/C30H50.HO3P/c1-25(2)15-11-19-29(7)23-13-21-27(5)17-9-10-18-28(6)22-14-24-30(8)20-12-16-26(3)4;1-4(2)3/h15-18,23-24H,9-14,19-22H2,1-8H3;(H-,1,2,3)/p+1/b27-17+,28-18+,29-23+,30-24+;. The van der Waals surface area contributed by atoms with Crippen molar-refractivity contribution in [1.29, 1.82) is 0 Å². The van der Waals surface area contributed by atoms with E-state index < -0.39 is 8.25 Å². The van der Waals surface area contributed by atoms with Gasteiger partial charge in [-0.1, -0.05) is 69.9 Å². The molecule has 0 bridgehead atoms. The Hall–Kier alpha value is -1.54. The molecule has 194 valence electrons. The molecule has 0 atom stereocenters. The summed E-state index contributed by atoms with van der Waals surface area (Å²) in [5.74, 6) is 0. The summed E-state index contributed by atoms with van der Waals surface area (Å²) in [6.07, 6.45) is 26.2. The second-order valence-electron chi connectivity index (χ2n) is 9.75. The van der Waals surface area contributed by atoms with Gasteiger partial charge in [0, 0.05) is 4.57 Å². The Morgan fingerprint density at radius 1 is 0.471 bits per heavy atom. The van der Waals surface area contributed by atoms with E-state index in [4.69, 9.17) is 14.4 Å². The fraction of sp³-hybridized carbons (Fsp3) is 0.600. The van der Waals surface area contributed by atoms with Crippen molar-refractivity contribution in [3.05, 3.63) is 69.9 Å². The molecule has 0 aliphatic carbocycles. The van der Waals surface area contributed by atoms with Gasteiger partial charge in [-0.05, 0) is 120 Å². The van der Waals surface area contributed by atoms with E-state index in [1.807, 2.05) is 0 Å². The summed E-state index contributed by atoms with van der Waals surface area (Å²) in [4.78, 5) is 14.2. The Balaban J connectivity index is 0. The van der Waals surface area contributed by atoms with Crippen LogP contribution in [0, 0.1) is 0 Å². The van der Waals surface area contributed by atoms with Gasteiger partial charge in [0.1, 0.15) is 0 Å². The lowest BCUT2D eigenvalue weighted by Crippen LogP contribution is -1.82. The summed E-state index contributed by atoms with van der Waals surface area (Å²) < 4.78 is 8.70. The zero-order valence-corrected chi connectivity index (χ0v) is 24.2. The number of allylic oxidation sites excluding steroid dienone is 12. The Bertz CT molecular complexity index is 679. The van der Waals surface area contributed by atoms with Crippen LogP contribution in [-0.4, -0.2) is 9.79 Å². The van der Waals surface area contributed by atoms with E-state index in [2.05, 4.69) is 91.8 Å². The first-order valence-electron chi connectivity index (χ1n) is 12.7. The summed E-state index contributed by atoms with van der Waals surface area (Å²) >= 11 is 0. The first-order valence-corrected chi connectivity index (χ1v) is 13.8. The topological polar surface area (TPSA) is 57.5 Å². The van der Waals surface area contributed by atoms with Gasteiger partial charge in [0.15, 0.2) is 0 Å². The highest BCUT2D eigenvalue weighted by atomic mass is 31.1. The molecule has 0 amide bonds. The second kappa shape index (κ2) is 23.2. The highest BCUT2D eigenvalue weighted by molar-refractivity contribution is 7.30. The Morgan fingerprint density at radius 3 is 0.912 bits per heavy atom. The third kappa shape index (κ3) is 30.5. The minimum atomic E-state index is -2.87. The molecule has 0 aromatic carbocycles. The van der Waals surface area contributed by atoms with E-state index in [0.29, 0.717) is 0 Å². The molecule has 3 nitrogen and oxygen atoms in total. The molecule has 0 saturated carbocycles. The molecule has 0 saturated heterocycles. The SMILES string of the molecule is CC(C)=CCC/C(C)=C/CC/C(C)=C/CC/C=C(\C)CC/C=C(\C)CCC=C(C)C.O=[P+](O)O. The van der Waals surface area contributed by atoms with Crippen LogP contribution < -0.4 is 0 Å². The fourth-order valence-corrected chi connectivity index (χ4v) is 3.34. The molecule has 0 aliphatic rings. The predicted molar refractivity (Wildman–Crippen MR) is 152 cm³/mol. The number of hydrogen-bond donors (Lipinski definition) is 2. The van der Waals surface area contributed by atoms with E-state index in [1.54, 1.807) is 0 Å². The van der Waals surface area contributed by atoms with Crippen LogP contribution in [0.15, 0.2) is 69.9 Å². The van der Waals surface area contributed by atoms with Gasteiger partial charge in [0.25, 0.3) is 0 Å². The van der Waals surface area contributed by atoms with Crippen LogP contribution in [0.5, 0.6) is 0 Å². The molecular weight excluding hydrogens is 439 g/mol. The van der Waals surface area contributed by atoms with Crippen molar-refractivity contribution >= 4 is 8.25 Å². The normalized spacial score (nSPS) is 12.6. The molecule has 0 rings (SSSR count). The summed E-state index contributed by atoms with van der Waals surface area (Å²) in [6.45, 7) is 17.8. The van der Waals surface area contributed by atoms with Crippen LogP contribution in [0.1, 0.15) is 120 Å². The fourth-order valence-electron chi connectivity index (χ4n) is 3.34. The lowest BCUT2D eigenvalue weighted by atomic mass is 10.0. The summed E-state index contributed by atoms with van der Waals surface area (Å²) in [6, 6.07) is 0. The Morgan fingerprint density at radius 2 is 0.676 bits per heavy atom. The lowest BCUT2D eigenvalue weighted by molar-refractivity contribution is 0.405. The largest absolute Gasteiger partial charge is 0.692 e. The second-order valence-corrected chi connectivity index (χ2v) is 10.3. The summed E-state index contributed by atoms with van der Waals surface area (Å²) in [5, 5.41) is 0. The predicted octanol–water partition coefficient (Wildman–Crippen LogP) is 10.2. The number of hydrogen-bond acceptors (Lipinski definition) is 1. The smallest absolute Gasteiger partial charge is 0.134 e. The first kappa shape index (κ1) is 34.6. The molecule has 2 N–H and O–H groups in total. The maximum atomic E-state index is 8.70. The third-order valence-corrected chi connectivity index (χ3v) is 5.40. The van der Waals surface area contributed by atoms with E-state index in [-0.39, 0.29) is 0 Å². The molecule has 4 heteroatoms. The van der Waals surface area contributed by atoms with E-state index in [1.165, 1.54) is 97.6 Å². The lowest BCUT2D eigenvalue weighted by Gasteiger charge is -2.02. The van der Waals surface area contributed by atoms with Crippen molar-refractivity contribution in [3.63, 3.8) is 0 Å². The molecular formula is C30H52O3P+. The molecule has 0 heterocycles. The molecule has 0 aromatic rings. The maximum absolute atomic E-state index is 8.70. The number of unbranched alkanes of at least 4 members (excludes halogenated alkanes) is 1. The van der Waals surface area contributed by atoms with Crippen LogP contribution >= 0.6 is 8.25 Å². The molecule has 0 aromatic heterocycles. The Labute approximate surface area is 212 Å². The minimum absolute atomic E-state index is 1.17. The van der Waals surface area contributed by atoms with E-state index in [0.717, 1.165) is 0 Å². The van der Waals surface area contributed by atoms with Gasteiger partial charge in [0.2, 0.25) is 0 Å². The van der Waals surface area contributed by atoms with Crippen molar-refractivity contribution in [2.24, 2.45) is 0 Å². The van der Waals surface area contributed by atoms with E-state index in [9.17, 15) is 0 Å². The average molecular weight is 492 g/mol. The van der Waals surface area contributed by atoms with Gasteiger partial charge >= 0.3 is 8.25 Å². The molecule has 0 fully saturated rings. The zero-order chi connectivity index (χ0) is 26.4. The van der Waals surface area contributed by atoms with Crippen molar-refractivity contribution in [2.75, 3.05) is 0 Å². The van der Waals surface area contributed by atoms with Crippen LogP contribution in [0.3, 0.4) is 0 Å². The van der Waals surface area contributed by atoms with Gasteiger partial charge < -0.3 is 0 Å². The quantitative estimate of drug-likeness (QED) is 0.136. The molecule has 0 unspecified atom stereocenters. The first-order chi connectivity index (χ1) is 15.9. The highest BCUT2D eigenvalue weighted by Crippen LogP contribution is 2.14. The van der Waals surface area contributed by atoms with Crippen molar-refractivity contribution in [1.82, 2.24) is 0 Å². The molecule has 34 heavy (non-hydrogen) atoms. The van der Waals surface area contributed by atoms with Crippen molar-refractivity contribution in [3.8, 4) is 0 Å². The van der Waals surface area contributed by atoms with Crippen LogP contribution in [0.2, 0.25) is 0 Å².